The average Bonchev–Trinajstić information content (AvgIpc) is 2.58. The van der Waals surface area contributed by atoms with Crippen LogP contribution in [-0.2, 0) is 4.74 Å². The van der Waals surface area contributed by atoms with Crippen molar-refractivity contribution in [2.24, 2.45) is 0 Å². The van der Waals surface area contributed by atoms with Crippen LogP contribution in [0.5, 0.6) is 5.75 Å². The molecule has 3 rings (SSSR count). The largest absolute Gasteiger partial charge is 0.507 e. The minimum atomic E-state index is -0.461. The van der Waals surface area contributed by atoms with Crippen LogP contribution in [0, 0.1) is 0 Å². The molecule has 2 heterocycles. The van der Waals surface area contributed by atoms with Crippen molar-refractivity contribution in [3.8, 4) is 5.75 Å². The number of aromatic hydroxyl groups is 1. The first-order chi connectivity index (χ1) is 11.1. The SMILES string of the molecule is O=C(Nc1ccc(N2CCOCC2)cn1)c1cc(Cl)ccc1O. The Balaban J connectivity index is 1.70. The second kappa shape index (κ2) is 6.85. The lowest BCUT2D eigenvalue weighted by Gasteiger charge is -2.28. The van der Waals surface area contributed by atoms with E-state index in [2.05, 4.69) is 15.2 Å². The highest BCUT2D eigenvalue weighted by atomic mass is 35.5. The Morgan fingerprint density at radius 2 is 2.04 bits per heavy atom. The number of halogens is 1. The molecule has 1 aromatic carbocycles. The van der Waals surface area contributed by atoms with E-state index in [9.17, 15) is 9.90 Å². The van der Waals surface area contributed by atoms with E-state index in [0.29, 0.717) is 24.1 Å². The van der Waals surface area contributed by atoms with Crippen LogP contribution in [0.15, 0.2) is 36.5 Å². The molecule has 1 aliphatic heterocycles. The molecule has 0 bridgehead atoms. The number of rotatable bonds is 3. The van der Waals surface area contributed by atoms with E-state index in [-0.39, 0.29) is 11.3 Å². The summed E-state index contributed by atoms with van der Waals surface area (Å²) in [5.74, 6) is -0.181. The number of carbonyl (C=O) groups excluding carboxylic acids is 1. The van der Waals surface area contributed by atoms with Crippen LogP contribution in [0.4, 0.5) is 11.5 Å². The summed E-state index contributed by atoms with van der Waals surface area (Å²) in [5.41, 5.74) is 1.09. The van der Waals surface area contributed by atoms with Gasteiger partial charge in [-0.05, 0) is 30.3 Å². The van der Waals surface area contributed by atoms with E-state index in [1.54, 1.807) is 12.3 Å². The summed E-state index contributed by atoms with van der Waals surface area (Å²) in [5, 5.41) is 12.8. The number of pyridine rings is 1. The van der Waals surface area contributed by atoms with Crippen molar-refractivity contribution in [1.82, 2.24) is 4.98 Å². The Kier molecular flexibility index (Phi) is 4.64. The third-order valence-corrected chi connectivity index (χ3v) is 3.80. The van der Waals surface area contributed by atoms with Gasteiger partial charge < -0.3 is 20.1 Å². The molecule has 0 radical (unpaired) electrons. The molecule has 1 aliphatic rings. The monoisotopic (exact) mass is 333 g/mol. The Labute approximate surface area is 138 Å². The van der Waals surface area contributed by atoms with Crippen molar-refractivity contribution in [1.29, 1.82) is 0 Å². The van der Waals surface area contributed by atoms with Gasteiger partial charge in [-0.25, -0.2) is 4.98 Å². The van der Waals surface area contributed by atoms with Gasteiger partial charge in [0.2, 0.25) is 0 Å². The van der Waals surface area contributed by atoms with Crippen molar-refractivity contribution in [2.45, 2.75) is 0 Å². The van der Waals surface area contributed by atoms with Crippen molar-refractivity contribution >= 4 is 29.0 Å². The maximum atomic E-state index is 12.2. The number of anilines is 2. The first-order valence-corrected chi connectivity index (χ1v) is 7.60. The molecule has 120 valence electrons. The molecule has 1 amide bonds. The Morgan fingerprint density at radius 3 is 2.74 bits per heavy atom. The zero-order valence-corrected chi connectivity index (χ0v) is 13.1. The van der Waals surface area contributed by atoms with Crippen LogP contribution in [0.1, 0.15) is 10.4 Å². The zero-order valence-electron chi connectivity index (χ0n) is 12.3. The molecule has 0 spiro atoms. The number of phenolic OH excluding ortho intramolecular Hbond substituents is 1. The van der Waals surface area contributed by atoms with Crippen molar-refractivity contribution < 1.29 is 14.6 Å². The summed E-state index contributed by atoms with van der Waals surface area (Å²) in [6.07, 6.45) is 1.71. The summed E-state index contributed by atoms with van der Waals surface area (Å²) >= 11 is 5.85. The lowest BCUT2D eigenvalue weighted by atomic mass is 10.2. The van der Waals surface area contributed by atoms with Gasteiger partial charge in [0.05, 0.1) is 30.7 Å². The van der Waals surface area contributed by atoms with E-state index in [0.717, 1.165) is 18.8 Å². The second-order valence-corrected chi connectivity index (χ2v) is 5.55. The summed E-state index contributed by atoms with van der Waals surface area (Å²) in [6, 6.07) is 7.93. The van der Waals surface area contributed by atoms with E-state index >= 15 is 0 Å². The first-order valence-electron chi connectivity index (χ1n) is 7.22. The third-order valence-electron chi connectivity index (χ3n) is 3.57. The van der Waals surface area contributed by atoms with Crippen molar-refractivity contribution in [3.05, 3.63) is 47.1 Å². The number of ether oxygens (including phenoxy) is 1. The summed E-state index contributed by atoms with van der Waals surface area (Å²) in [4.78, 5) is 18.6. The minimum absolute atomic E-state index is 0.108. The number of carbonyl (C=O) groups is 1. The standard InChI is InChI=1S/C16H16ClN3O3/c17-11-1-3-14(21)13(9-11)16(22)19-15-4-2-12(10-18-15)20-5-7-23-8-6-20/h1-4,9-10,21H,5-8H2,(H,18,19,22). The van der Waals surface area contributed by atoms with E-state index < -0.39 is 5.91 Å². The molecule has 7 heteroatoms. The van der Waals surface area contributed by atoms with Gasteiger partial charge in [0, 0.05) is 18.1 Å². The van der Waals surface area contributed by atoms with Gasteiger partial charge >= 0.3 is 0 Å². The zero-order chi connectivity index (χ0) is 16.2. The number of nitrogens with one attached hydrogen (secondary N) is 1. The fourth-order valence-corrected chi connectivity index (χ4v) is 2.51. The topological polar surface area (TPSA) is 74.7 Å². The Morgan fingerprint density at radius 1 is 1.26 bits per heavy atom. The van der Waals surface area contributed by atoms with E-state index in [1.807, 2.05) is 6.07 Å². The second-order valence-electron chi connectivity index (χ2n) is 5.12. The van der Waals surface area contributed by atoms with Crippen LogP contribution in [-0.4, -0.2) is 42.3 Å². The summed E-state index contributed by atoms with van der Waals surface area (Å²) < 4.78 is 5.31. The van der Waals surface area contributed by atoms with Gasteiger partial charge in [0.15, 0.2) is 0 Å². The van der Waals surface area contributed by atoms with Crippen molar-refractivity contribution in [2.75, 3.05) is 36.5 Å². The van der Waals surface area contributed by atoms with Gasteiger partial charge in [-0.1, -0.05) is 11.6 Å². The van der Waals surface area contributed by atoms with Crippen LogP contribution in [0.2, 0.25) is 5.02 Å². The summed E-state index contributed by atoms with van der Waals surface area (Å²) in [6.45, 7) is 3.05. The first kappa shape index (κ1) is 15.6. The van der Waals surface area contributed by atoms with E-state index in [4.69, 9.17) is 16.3 Å². The van der Waals surface area contributed by atoms with Crippen LogP contribution in [0.3, 0.4) is 0 Å². The number of nitrogens with zero attached hydrogens (tertiary/aromatic N) is 2. The molecule has 0 unspecified atom stereocenters. The predicted molar refractivity (Wildman–Crippen MR) is 88.3 cm³/mol. The smallest absolute Gasteiger partial charge is 0.260 e. The number of aromatic nitrogens is 1. The fraction of sp³-hybridized carbons (Fsp3) is 0.250. The normalized spacial score (nSPS) is 14.6. The predicted octanol–water partition coefficient (Wildman–Crippen LogP) is 2.53. The minimum Gasteiger partial charge on any atom is -0.507 e. The average molecular weight is 334 g/mol. The molecular weight excluding hydrogens is 318 g/mol. The van der Waals surface area contributed by atoms with Crippen LogP contribution < -0.4 is 10.2 Å². The number of benzene rings is 1. The number of hydrogen-bond acceptors (Lipinski definition) is 5. The molecule has 1 fully saturated rings. The highest BCUT2D eigenvalue weighted by molar-refractivity contribution is 6.31. The molecule has 1 aromatic heterocycles. The summed E-state index contributed by atoms with van der Waals surface area (Å²) in [7, 11) is 0. The van der Waals surface area contributed by atoms with Gasteiger partial charge in [-0.3, -0.25) is 4.79 Å². The van der Waals surface area contributed by atoms with Gasteiger partial charge in [-0.15, -0.1) is 0 Å². The van der Waals surface area contributed by atoms with Gasteiger partial charge in [0.25, 0.3) is 5.91 Å². The molecule has 6 nitrogen and oxygen atoms in total. The molecule has 0 saturated carbocycles. The molecule has 23 heavy (non-hydrogen) atoms. The van der Waals surface area contributed by atoms with E-state index in [1.165, 1.54) is 18.2 Å². The van der Waals surface area contributed by atoms with Gasteiger partial charge in [-0.2, -0.15) is 0 Å². The number of morpholine rings is 1. The lowest BCUT2D eigenvalue weighted by molar-refractivity contribution is 0.102. The molecular formula is C16H16ClN3O3. The third kappa shape index (κ3) is 3.72. The molecule has 0 atom stereocenters. The maximum Gasteiger partial charge on any atom is 0.260 e. The van der Waals surface area contributed by atoms with Gasteiger partial charge in [0.1, 0.15) is 11.6 Å². The van der Waals surface area contributed by atoms with Crippen LogP contribution >= 0.6 is 11.6 Å². The number of amides is 1. The molecule has 2 N–H and O–H groups in total. The Bertz CT molecular complexity index is 700. The highest BCUT2D eigenvalue weighted by Gasteiger charge is 2.14. The number of hydrogen-bond donors (Lipinski definition) is 2. The quantitative estimate of drug-likeness (QED) is 0.902. The number of phenols is 1. The molecule has 2 aromatic rings. The molecule has 0 aliphatic carbocycles. The van der Waals surface area contributed by atoms with Crippen molar-refractivity contribution in [3.63, 3.8) is 0 Å². The van der Waals surface area contributed by atoms with Crippen LogP contribution in [0.25, 0.3) is 0 Å². The fourth-order valence-electron chi connectivity index (χ4n) is 2.34. The lowest BCUT2D eigenvalue weighted by Crippen LogP contribution is -2.36. The maximum absolute atomic E-state index is 12.2. The highest BCUT2D eigenvalue weighted by Crippen LogP contribution is 2.23. The Hall–Kier alpha value is -2.31. The molecule has 1 saturated heterocycles.